The highest BCUT2D eigenvalue weighted by atomic mass is 16.7. The zero-order valence-corrected chi connectivity index (χ0v) is 8.27. The summed E-state index contributed by atoms with van der Waals surface area (Å²) >= 11 is 0. The SMILES string of the molecule is C#CC(O)CCc1ccc2c(c1)OCO2. The fourth-order valence-electron chi connectivity index (χ4n) is 1.48. The molecule has 0 aromatic heterocycles. The van der Waals surface area contributed by atoms with Crippen LogP contribution in [0.5, 0.6) is 11.5 Å². The molecule has 1 atom stereocenters. The first kappa shape index (κ1) is 9.88. The molecule has 1 aliphatic rings. The van der Waals surface area contributed by atoms with E-state index in [4.69, 9.17) is 15.9 Å². The van der Waals surface area contributed by atoms with Crippen LogP contribution in [0.4, 0.5) is 0 Å². The number of hydrogen-bond acceptors (Lipinski definition) is 3. The Morgan fingerprint density at radius 3 is 3.00 bits per heavy atom. The van der Waals surface area contributed by atoms with Gasteiger partial charge >= 0.3 is 0 Å². The number of hydrogen-bond donors (Lipinski definition) is 1. The summed E-state index contributed by atoms with van der Waals surface area (Å²) in [5, 5.41) is 9.22. The molecule has 3 heteroatoms. The maximum absolute atomic E-state index is 9.22. The van der Waals surface area contributed by atoms with Gasteiger partial charge in [0.25, 0.3) is 0 Å². The van der Waals surface area contributed by atoms with E-state index in [1.807, 2.05) is 18.2 Å². The molecule has 0 aliphatic carbocycles. The monoisotopic (exact) mass is 204 g/mol. The Balaban J connectivity index is 2.01. The Morgan fingerprint density at radius 2 is 2.20 bits per heavy atom. The van der Waals surface area contributed by atoms with Gasteiger partial charge in [-0.25, -0.2) is 0 Å². The molecule has 1 heterocycles. The first-order valence-electron chi connectivity index (χ1n) is 4.82. The molecule has 0 radical (unpaired) electrons. The molecule has 1 aromatic rings. The van der Waals surface area contributed by atoms with Crippen LogP contribution in [0.25, 0.3) is 0 Å². The zero-order chi connectivity index (χ0) is 10.7. The quantitative estimate of drug-likeness (QED) is 0.755. The lowest BCUT2D eigenvalue weighted by Gasteiger charge is -2.04. The van der Waals surface area contributed by atoms with Gasteiger partial charge in [-0.05, 0) is 30.5 Å². The molecular weight excluding hydrogens is 192 g/mol. The summed E-state index contributed by atoms with van der Waals surface area (Å²) in [6.07, 6.45) is 5.71. The number of rotatable bonds is 3. The Hall–Kier alpha value is -1.66. The first-order chi connectivity index (χ1) is 7.29. The molecule has 0 spiro atoms. The number of aliphatic hydroxyl groups is 1. The van der Waals surface area contributed by atoms with Gasteiger partial charge < -0.3 is 14.6 Å². The van der Waals surface area contributed by atoms with Crippen molar-refractivity contribution in [3.8, 4) is 23.8 Å². The number of benzene rings is 1. The number of aliphatic hydroxyl groups excluding tert-OH is 1. The van der Waals surface area contributed by atoms with E-state index in [-0.39, 0.29) is 6.79 Å². The van der Waals surface area contributed by atoms with Gasteiger partial charge in [-0.3, -0.25) is 0 Å². The molecule has 78 valence electrons. The zero-order valence-electron chi connectivity index (χ0n) is 8.27. The lowest BCUT2D eigenvalue weighted by atomic mass is 10.1. The maximum atomic E-state index is 9.22. The van der Waals surface area contributed by atoms with E-state index >= 15 is 0 Å². The Kier molecular flexibility index (Phi) is 2.79. The average molecular weight is 204 g/mol. The van der Waals surface area contributed by atoms with E-state index in [0.29, 0.717) is 6.42 Å². The normalized spacial score (nSPS) is 14.7. The highest BCUT2D eigenvalue weighted by Crippen LogP contribution is 2.32. The standard InChI is InChI=1S/C12H12O3/c1-2-10(13)5-3-9-4-6-11-12(7-9)15-8-14-11/h1,4,6-7,10,13H,3,5,8H2. The summed E-state index contributed by atoms with van der Waals surface area (Å²) < 4.78 is 10.4. The van der Waals surface area contributed by atoms with Crippen LogP contribution in [0.15, 0.2) is 18.2 Å². The van der Waals surface area contributed by atoms with E-state index in [1.165, 1.54) is 0 Å². The molecule has 0 saturated heterocycles. The lowest BCUT2D eigenvalue weighted by molar-refractivity contribution is 0.174. The van der Waals surface area contributed by atoms with E-state index in [9.17, 15) is 5.11 Å². The average Bonchev–Trinajstić information content (AvgIpc) is 2.72. The number of ether oxygens (including phenoxy) is 2. The molecule has 0 saturated carbocycles. The topological polar surface area (TPSA) is 38.7 Å². The molecule has 1 N–H and O–H groups in total. The molecule has 15 heavy (non-hydrogen) atoms. The summed E-state index contributed by atoms with van der Waals surface area (Å²) in [5.74, 6) is 3.83. The van der Waals surface area contributed by atoms with Crippen molar-refractivity contribution in [3.63, 3.8) is 0 Å². The van der Waals surface area contributed by atoms with Crippen molar-refractivity contribution in [2.24, 2.45) is 0 Å². The van der Waals surface area contributed by atoms with Gasteiger partial charge in [0.05, 0.1) is 0 Å². The van der Waals surface area contributed by atoms with Gasteiger partial charge in [-0.2, -0.15) is 0 Å². The predicted octanol–water partition coefficient (Wildman–Crippen LogP) is 1.34. The van der Waals surface area contributed by atoms with Crippen LogP contribution in [0, 0.1) is 12.3 Å². The van der Waals surface area contributed by atoms with E-state index in [1.54, 1.807) is 0 Å². The van der Waals surface area contributed by atoms with Gasteiger partial charge in [-0.1, -0.05) is 12.0 Å². The van der Waals surface area contributed by atoms with Crippen LogP contribution >= 0.6 is 0 Å². The van der Waals surface area contributed by atoms with Crippen LogP contribution < -0.4 is 9.47 Å². The Bertz CT molecular complexity index is 392. The fraction of sp³-hybridized carbons (Fsp3) is 0.333. The van der Waals surface area contributed by atoms with Gasteiger partial charge in [0.2, 0.25) is 6.79 Å². The fourth-order valence-corrected chi connectivity index (χ4v) is 1.48. The lowest BCUT2D eigenvalue weighted by Crippen LogP contribution is -2.03. The summed E-state index contributed by atoms with van der Waals surface area (Å²) in [6.45, 7) is 0.283. The third-order valence-electron chi connectivity index (χ3n) is 2.34. The summed E-state index contributed by atoms with van der Waals surface area (Å²) in [4.78, 5) is 0. The second kappa shape index (κ2) is 4.24. The van der Waals surface area contributed by atoms with E-state index in [2.05, 4.69) is 5.92 Å². The van der Waals surface area contributed by atoms with Crippen LogP contribution in [0.3, 0.4) is 0 Å². The number of aryl methyl sites for hydroxylation is 1. The highest BCUT2D eigenvalue weighted by Gasteiger charge is 2.13. The van der Waals surface area contributed by atoms with Crippen LogP contribution in [0.1, 0.15) is 12.0 Å². The number of fused-ring (bicyclic) bond motifs is 1. The predicted molar refractivity (Wildman–Crippen MR) is 55.7 cm³/mol. The largest absolute Gasteiger partial charge is 0.454 e. The maximum Gasteiger partial charge on any atom is 0.231 e. The first-order valence-corrected chi connectivity index (χ1v) is 4.82. The Morgan fingerprint density at radius 1 is 1.40 bits per heavy atom. The van der Waals surface area contributed by atoms with Gasteiger partial charge in [0.15, 0.2) is 11.5 Å². The van der Waals surface area contributed by atoms with Crippen molar-refractivity contribution in [3.05, 3.63) is 23.8 Å². The molecule has 1 aliphatic heterocycles. The third kappa shape index (κ3) is 2.23. The molecular formula is C12H12O3. The van der Waals surface area contributed by atoms with Crippen molar-refractivity contribution in [2.75, 3.05) is 6.79 Å². The molecule has 1 unspecified atom stereocenters. The minimum Gasteiger partial charge on any atom is -0.454 e. The third-order valence-corrected chi connectivity index (χ3v) is 2.34. The number of terminal acetylenes is 1. The Labute approximate surface area is 88.6 Å². The minimum absolute atomic E-state index is 0.283. The molecule has 1 aromatic carbocycles. The molecule has 0 fully saturated rings. The van der Waals surface area contributed by atoms with E-state index < -0.39 is 6.10 Å². The second-order valence-corrected chi connectivity index (χ2v) is 3.41. The molecule has 3 nitrogen and oxygen atoms in total. The summed E-state index contributed by atoms with van der Waals surface area (Å²) in [6, 6.07) is 5.75. The van der Waals surface area contributed by atoms with Gasteiger partial charge in [0, 0.05) is 0 Å². The highest BCUT2D eigenvalue weighted by molar-refractivity contribution is 5.44. The van der Waals surface area contributed by atoms with Gasteiger partial charge in [0.1, 0.15) is 6.10 Å². The minimum atomic E-state index is -0.671. The molecule has 2 rings (SSSR count). The smallest absolute Gasteiger partial charge is 0.231 e. The van der Waals surface area contributed by atoms with E-state index in [0.717, 1.165) is 23.5 Å². The van der Waals surface area contributed by atoms with Crippen molar-refractivity contribution in [2.45, 2.75) is 18.9 Å². The van der Waals surface area contributed by atoms with Crippen molar-refractivity contribution < 1.29 is 14.6 Å². The van der Waals surface area contributed by atoms with Crippen molar-refractivity contribution >= 4 is 0 Å². The second-order valence-electron chi connectivity index (χ2n) is 3.41. The van der Waals surface area contributed by atoms with Crippen molar-refractivity contribution in [1.29, 1.82) is 0 Å². The van der Waals surface area contributed by atoms with Crippen LogP contribution in [-0.4, -0.2) is 18.0 Å². The summed E-state index contributed by atoms with van der Waals surface area (Å²) in [5.41, 5.74) is 1.09. The summed E-state index contributed by atoms with van der Waals surface area (Å²) in [7, 11) is 0. The van der Waals surface area contributed by atoms with Crippen LogP contribution in [0.2, 0.25) is 0 Å². The molecule has 0 amide bonds. The van der Waals surface area contributed by atoms with Crippen molar-refractivity contribution in [1.82, 2.24) is 0 Å². The van der Waals surface area contributed by atoms with Crippen LogP contribution in [-0.2, 0) is 6.42 Å². The van der Waals surface area contributed by atoms with Gasteiger partial charge in [-0.15, -0.1) is 6.42 Å². The molecule has 0 bridgehead atoms.